The molecule has 0 saturated carbocycles. The van der Waals surface area contributed by atoms with E-state index in [-0.39, 0.29) is 24.1 Å². The van der Waals surface area contributed by atoms with Crippen LogP contribution in [0.4, 0.5) is 14.5 Å². The van der Waals surface area contributed by atoms with Crippen molar-refractivity contribution in [2.75, 3.05) is 18.0 Å². The lowest BCUT2D eigenvalue weighted by Gasteiger charge is -2.40. The first-order valence-corrected chi connectivity index (χ1v) is 9.69. The first kappa shape index (κ1) is 17.5. The Morgan fingerprint density at radius 2 is 1.86 bits per heavy atom. The molecule has 2 aliphatic heterocycles. The molecule has 0 N–H and O–H groups in total. The third-order valence-corrected chi connectivity index (χ3v) is 6.07. The normalized spacial score (nSPS) is 18.4. The van der Waals surface area contributed by atoms with Gasteiger partial charge in [0.1, 0.15) is 12.0 Å². The molecule has 1 fully saturated rings. The quantitative estimate of drug-likeness (QED) is 0.810. The molecule has 0 spiro atoms. The Morgan fingerprint density at radius 3 is 2.61 bits per heavy atom. The van der Waals surface area contributed by atoms with E-state index in [4.69, 9.17) is 0 Å². The number of amides is 1. The molecule has 0 atom stereocenters. The van der Waals surface area contributed by atoms with E-state index in [9.17, 15) is 13.6 Å². The molecule has 1 amide bonds. The van der Waals surface area contributed by atoms with Crippen LogP contribution in [0.15, 0.2) is 18.7 Å². The number of carbonyl (C=O) groups is 1. The van der Waals surface area contributed by atoms with Crippen LogP contribution in [0.3, 0.4) is 0 Å². The van der Waals surface area contributed by atoms with Crippen LogP contribution in [0.5, 0.6) is 0 Å². The highest BCUT2D eigenvalue weighted by Gasteiger charge is 2.36. The number of carbonyl (C=O) groups excluding carboxylic acids is 1. The first-order chi connectivity index (χ1) is 13.6. The number of aromatic nitrogens is 3. The van der Waals surface area contributed by atoms with Gasteiger partial charge in [0.2, 0.25) is 5.91 Å². The summed E-state index contributed by atoms with van der Waals surface area (Å²) in [4.78, 5) is 29.0. The van der Waals surface area contributed by atoms with Crippen molar-refractivity contribution in [2.45, 2.75) is 45.2 Å². The van der Waals surface area contributed by atoms with Gasteiger partial charge in [0.05, 0.1) is 18.1 Å². The van der Waals surface area contributed by atoms with Gasteiger partial charge in [-0.25, -0.2) is 18.7 Å². The third kappa shape index (κ3) is 2.91. The highest BCUT2D eigenvalue weighted by Crippen LogP contribution is 2.38. The predicted molar refractivity (Wildman–Crippen MR) is 97.8 cm³/mol. The highest BCUT2D eigenvalue weighted by molar-refractivity contribution is 5.78. The monoisotopic (exact) mass is 385 g/mol. The Balaban J connectivity index is 1.26. The number of rotatable bonds is 4. The third-order valence-electron chi connectivity index (χ3n) is 6.07. The topological polar surface area (TPSA) is 62.2 Å². The van der Waals surface area contributed by atoms with E-state index < -0.39 is 6.43 Å². The summed E-state index contributed by atoms with van der Waals surface area (Å²) in [5, 5.41) is 0. The van der Waals surface area contributed by atoms with Crippen LogP contribution in [-0.2, 0) is 30.7 Å². The molecule has 0 unspecified atom stereocenters. The molecule has 2 aromatic heterocycles. The zero-order valence-electron chi connectivity index (χ0n) is 15.4. The number of hydrogen-bond donors (Lipinski definition) is 0. The molecule has 2 aromatic rings. The Bertz CT molecular complexity index is 915. The summed E-state index contributed by atoms with van der Waals surface area (Å²) < 4.78 is 27.0. The molecule has 0 bridgehead atoms. The van der Waals surface area contributed by atoms with Crippen molar-refractivity contribution in [3.05, 3.63) is 46.8 Å². The molecular weight excluding hydrogens is 364 g/mol. The van der Waals surface area contributed by atoms with Gasteiger partial charge in [0, 0.05) is 49.8 Å². The van der Waals surface area contributed by atoms with Crippen molar-refractivity contribution < 1.29 is 13.6 Å². The minimum Gasteiger partial charge on any atom is -0.368 e. The van der Waals surface area contributed by atoms with Crippen LogP contribution < -0.4 is 4.90 Å². The average molecular weight is 385 g/mol. The lowest BCUT2D eigenvalue weighted by molar-refractivity contribution is -0.133. The van der Waals surface area contributed by atoms with Gasteiger partial charge in [-0.2, -0.15) is 0 Å². The zero-order chi connectivity index (χ0) is 19.3. The van der Waals surface area contributed by atoms with Gasteiger partial charge in [-0.1, -0.05) is 0 Å². The maximum Gasteiger partial charge on any atom is 0.280 e. The van der Waals surface area contributed by atoms with Crippen molar-refractivity contribution >= 4 is 11.6 Å². The van der Waals surface area contributed by atoms with Crippen LogP contribution in [0.1, 0.15) is 47.3 Å². The minimum atomic E-state index is -2.59. The zero-order valence-corrected chi connectivity index (χ0v) is 15.4. The predicted octanol–water partition coefficient (Wildman–Crippen LogP) is 2.67. The molecule has 28 heavy (non-hydrogen) atoms. The lowest BCUT2D eigenvalue weighted by atomic mass is 9.95. The van der Waals surface area contributed by atoms with E-state index in [0.29, 0.717) is 18.5 Å². The van der Waals surface area contributed by atoms with Gasteiger partial charge in [-0.15, -0.1) is 0 Å². The first-order valence-electron chi connectivity index (χ1n) is 9.69. The molecule has 0 aromatic carbocycles. The molecule has 1 saturated heterocycles. The largest absolute Gasteiger partial charge is 0.368 e. The summed E-state index contributed by atoms with van der Waals surface area (Å²) in [6.07, 6.45) is 5.47. The van der Waals surface area contributed by atoms with E-state index >= 15 is 0 Å². The molecular formula is C20H21F2N5O. The second-order valence-electron chi connectivity index (χ2n) is 7.86. The molecule has 0 radical (unpaired) electrons. The number of pyridine rings is 1. The highest BCUT2D eigenvalue weighted by atomic mass is 19.3. The van der Waals surface area contributed by atoms with E-state index in [0.717, 1.165) is 54.9 Å². The van der Waals surface area contributed by atoms with Crippen molar-refractivity contribution in [3.8, 4) is 0 Å². The van der Waals surface area contributed by atoms with Gasteiger partial charge < -0.3 is 9.80 Å². The van der Waals surface area contributed by atoms with Crippen molar-refractivity contribution in [3.63, 3.8) is 0 Å². The Morgan fingerprint density at radius 1 is 1.11 bits per heavy atom. The number of halogens is 2. The summed E-state index contributed by atoms with van der Waals surface area (Å²) in [7, 11) is 0. The van der Waals surface area contributed by atoms with E-state index in [1.54, 1.807) is 17.3 Å². The standard InChI is InChI=1S/C20H21F2N5O/c21-20(22)19-16-10-27(9-15(16)14-2-1-3-17(14)25-19)18(28)4-12-7-26(8-12)13-5-23-11-24-6-13/h5-6,11-12,20H,1-4,7-10H2. The van der Waals surface area contributed by atoms with Gasteiger partial charge in [-0.3, -0.25) is 9.78 Å². The number of alkyl halides is 2. The SMILES string of the molecule is O=C(CC1CN(c2cncnc2)C1)N1Cc2c(C(F)F)nc3c(c2C1)CCC3. The smallest absolute Gasteiger partial charge is 0.280 e. The van der Waals surface area contributed by atoms with Gasteiger partial charge in [-0.05, 0) is 30.4 Å². The van der Waals surface area contributed by atoms with Crippen LogP contribution >= 0.6 is 0 Å². The van der Waals surface area contributed by atoms with Gasteiger partial charge in [0.15, 0.2) is 0 Å². The van der Waals surface area contributed by atoms with Crippen molar-refractivity contribution in [1.29, 1.82) is 0 Å². The number of hydrogen-bond acceptors (Lipinski definition) is 5. The minimum absolute atomic E-state index is 0.0390. The second-order valence-corrected chi connectivity index (χ2v) is 7.86. The fourth-order valence-electron chi connectivity index (χ4n) is 4.63. The molecule has 3 aliphatic rings. The van der Waals surface area contributed by atoms with E-state index in [1.807, 2.05) is 0 Å². The molecule has 8 heteroatoms. The maximum absolute atomic E-state index is 13.5. The lowest BCUT2D eigenvalue weighted by Crippen LogP contribution is -2.48. The van der Waals surface area contributed by atoms with Crippen LogP contribution in [0, 0.1) is 5.92 Å². The molecule has 1 aliphatic carbocycles. The molecule has 146 valence electrons. The number of fused-ring (bicyclic) bond motifs is 3. The molecule has 5 rings (SSSR count). The van der Waals surface area contributed by atoms with Crippen LogP contribution in [0.2, 0.25) is 0 Å². The number of anilines is 1. The summed E-state index contributed by atoms with van der Waals surface area (Å²) in [5.74, 6) is 0.312. The van der Waals surface area contributed by atoms with Crippen molar-refractivity contribution in [1.82, 2.24) is 19.9 Å². The summed E-state index contributed by atoms with van der Waals surface area (Å²) in [6.45, 7) is 2.29. The van der Waals surface area contributed by atoms with Gasteiger partial charge >= 0.3 is 0 Å². The Kier molecular flexibility index (Phi) is 4.21. The summed E-state index contributed by atoms with van der Waals surface area (Å²) in [6, 6.07) is 0. The van der Waals surface area contributed by atoms with Crippen LogP contribution in [-0.4, -0.2) is 38.8 Å². The summed E-state index contributed by atoms with van der Waals surface area (Å²) in [5.41, 5.74) is 4.27. The van der Waals surface area contributed by atoms with Crippen LogP contribution in [0.25, 0.3) is 0 Å². The van der Waals surface area contributed by atoms with Gasteiger partial charge in [0.25, 0.3) is 6.43 Å². The fourth-order valence-corrected chi connectivity index (χ4v) is 4.63. The molecule has 4 heterocycles. The number of aryl methyl sites for hydroxylation is 1. The van der Waals surface area contributed by atoms with E-state index in [1.165, 1.54) is 6.33 Å². The second kappa shape index (κ2) is 6.76. The maximum atomic E-state index is 13.5. The molecule has 6 nitrogen and oxygen atoms in total. The fraction of sp³-hybridized carbons (Fsp3) is 0.500. The summed E-state index contributed by atoms with van der Waals surface area (Å²) >= 11 is 0. The Labute approximate surface area is 161 Å². The Hall–Kier alpha value is -2.64. The average Bonchev–Trinajstić information content (AvgIpc) is 3.30. The number of nitrogens with zero attached hydrogens (tertiary/aromatic N) is 5. The van der Waals surface area contributed by atoms with E-state index in [2.05, 4.69) is 19.9 Å². The van der Waals surface area contributed by atoms with Crippen molar-refractivity contribution in [2.24, 2.45) is 5.92 Å².